The lowest BCUT2D eigenvalue weighted by Crippen LogP contribution is -2.32. The first-order valence-corrected chi connectivity index (χ1v) is 6.74. The van der Waals surface area contributed by atoms with E-state index in [1.165, 1.54) is 0 Å². The molecule has 0 aliphatic heterocycles. The lowest BCUT2D eigenvalue weighted by Gasteiger charge is -2.23. The Hall–Kier alpha value is -0.320. The third kappa shape index (κ3) is 4.75. The Balaban J connectivity index is 2.67. The third-order valence-electron chi connectivity index (χ3n) is 2.79. The normalized spacial score (nSPS) is 13.0. The first-order valence-electron chi connectivity index (χ1n) is 5.92. The fourth-order valence-corrected chi connectivity index (χ4v) is 2.22. The van der Waals surface area contributed by atoms with Gasteiger partial charge in [0.25, 0.3) is 0 Å². The second-order valence-corrected chi connectivity index (χ2v) is 5.16. The van der Waals surface area contributed by atoms with Crippen molar-refractivity contribution in [2.24, 2.45) is 0 Å². The Kier molecular flexibility index (Phi) is 6.97. The molecule has 0 aliphatic carbocycles. The van der Waals surface area contributed by atoms with Gasteiger partial charge < -0.3 is 10.2 Å². The smallest absolute Gasteiger partial charge is 0.0712 e. The van der Waals surface area contributed by atoms with Gasteiger partial charge in [-0.3, -0.25) is 4.90 Å². The summed E-state index contributed by atoms with van der Waals surface area (Å²) in [5.41, 5.74) is 2.00. The molecule has 2 N–H and O–H groups in total. The SMILES string of the molecule is Cc1cc(C(Cl)CN(CCO)CCO)ccc1Cl. The van der Waals surface area contributed by atoms with Gasteiger partial charge >= 0.3 is 0 Å². The van der Waals surface area contributed by atoms with Crippen molar-refractivity contribution in [2.75, 3.05) is 32.8 Å². The number of hydrogen-bond donors (Lipinski definition) is 2. The molecule has 5 heteroatoms. The van der Waals surface area contributed by atoms with E-state index in [4.69, 9.17) is 33.4 Å². The third-order valence-corrected chi connectivity index (χ3v) is 3.61. The molecule has 18 heavy (non-hydrogen) atoms. The average molecular weight is 292 g/mol. The summed E-state index contributed by atoms with van der Waals surface area (Å²) in [5, 5.41) is 18.4. The lowest BCUT2D eigenvalue weighted by atomic mass is 10.1. The van der Waals surface area contributed by atoms with Crippen molar-refractivity contribution in [1.82, 2.24) is 4.90 Å². The first-order chi connectivity index (χ1) is 8.58. The highest BCUT2D eigenvalue weighted by atomic mass is 35.5. The summed E-state index contributed by atoms with van der Waals surface area (Å²) in [5.74, 6) is 0. The van der Waals surface area contributed by atoms with Crippen molar-refractivity contribution in [3.05, 3.63) is 34.3 Å². The molecule has 1 aromatic carbocycles. The molecule has 0 fully saturated rings. The molecule has 1 aromatic rings. The molecule has 0 radical (unpaired) electrons. The molecule has 3 nitrogen and oxygen atoms in total. The molecular formula is C13H19Cl2NO2. The predicted octanol–water partition coefficient (Wildman–Crippen LogP) is 2.21. The summed E-state index contributed by atoms with van der Waals surface area (Å²) in [6.07, 6.45) is 0. The Labute approximate surface area is 118 Å². The maximum Gasteiger partial charge on any atom is 0.0712 e. The maximum atomic E-state index is 8.94. The van der Waals surface area contributed by atoms with Gasteiger partial charge in [-0.25, -0.2) is 0 Å². The van der Waals surface area contributed by atoms with Crippen LogP contribution in [0.2, 0.25) is 5.02 Å². The summed E-state index contributed by atoms with van der Waals surface area (Å²) in [6.45, 7) is 3.66. The molecule has 0 saturated heterocycles. The second-order valence-electron chi connectivity index (χ2n) is 4.22. The molecule has 1 rings (SSSR count). The van der Waals surface area contributed by atoms with Crippen LogP contribution in [0.5, 0.6) is 0 Å². The lowest BCUT2D eigenvalue weighted by molar-refractivity contribution is 0.161. The van der Waals surface area contributed by atoms with Crippen molar-refractivity contribution >= 4 is 23.2 Å². The molecule has 0 spiro atoms. The van der Waals surface area contributed by atoms with Crippen LogP contribution in [0.15, 0.2) is 18.2 Å². The molecule has 0 amide bonds. The highest BCUT2D eigenvalue weighted by Gasteiger charge is 2.14. The van der Waals surface area contributed by atoms with E-state index < -0.39 is 0 Å². The van der Waals surface area contributed by atoms with E-state index in [-0.39, 0.29) is 18.6 Å². The fraction of sp³-hybridized carbons (Fsp3) is 0.538. The van der Waals surface area contributed by atoms with Crippen LogP contribution < -0.4 is 0 Å². The standard InChI is InChI=1S/C13H19Cl2NO2/c1-10-8-11(2-3-12(10)14)13(15)9-16(4-6-17)5-7-18/h2-3,8,13,17-18H,4-7,9H2,1H3. The van der Waals surface area contributed by atoms with Crippen LogP contribution >= 0.6 is 23.2 Å². The van der Waals surface area contributed by atoms with Crippen LogP contribution in [0.25, 0.3) is 0 Å². The Morgan fingerprint density at radius 2 is 1.83 bits per heavy atom. The van der Waals surface area contributed by atoms with Crippen LogP contribution in [0.3, 0.4) is 0 Å². The number of aliphatic hydroxyl groups excluding tert-OH is 2. The molecule has 0 aromatic heterocycles. The van der Waals surface area contributed by atoms with Gasteiger partial charge in [0, 0.05) is 24.7 Å². The van der Waals surface area contributed by atoms with Gasteiger partial charge in [0.2, 0.25) is 0 Å². The topological polar surface area (TPSA) is 43.7 Å². The molecular weight excluding hydrogens is 273 g/mol. The van der Waals surface area contributed by atoms with Crippen molar-refractivity contribution < 1.29 is 10.2 Å². The minimum Gasteiger partial charge on any atom is -0.395 e. The van der Waals surface area contributed by atoms with Crippen molar-refractivity contribution in [2.45, 2.75) is 12.3 Å². The molecule has 102 valence electrons. The van der Waals surface area contributed by atoms with Gasteiger partial charge in [0.05, 0.1) is 18.6 Å². The second kappa shape index (κ2) is 7.97. The van der Waals surface area contributed by atoms with Gasteiger partial charge in [-0.05, 0) is 24.1 Å². The summed E-state index contributed by atoms with van der Waals surface area (Å²) in [7, 11) is 0. The minimum atomic E-state index is -0.181. The molecule has 1 atom stereocenters. The highest BCUT2D eigenvalue weighted by Crippen LogP contribution is 2.25. The van der Waals surface area contributed by atoms with E-state index >= 15 is 0 Å². The van der Waals surface area contributed by atoms with E-state index in [9.17, 15) is 0 Å². The van der Waals surface area contributed by atoms with Gasteiger partial charge in [-0.2, -0.15) is 0 Å². The number of hydrogen-bond acceptors (Lipinski definition) is 3. The van der Waals surface area contributed by atoms with Crippen molar-refractivity contribution in [1.29, 1.82) is 0 Å². The average Bonchev–Trinajstić information content (AvgIpc) is 2.33. The monoisotopic (exact) mass is 291 g/mol. The van der Waals surface area contributed by atoms with Gasteiger partial charge in [0.15, 0.2) is 0 Å². The summed E-state index contributed by atoms with van der Waals surface area (Å²) in [6, 6.07) is 5.71. The predicted molar refractivity (Wildman–Crippen MR) is 75.4 cm³/mol. The molecule has 0 heterocycles. The van der Waals surface area contributed by atoms with Crippen LogP contribution in [0.4, 0.5) is 0 Å². The van der Waals surface area contributed by atoms with E-state index in [1.807, 2.05) is 30.0 Å². The zero-order valence-corrected chi connectivity index (χ0v) is 12.0. The van der Waals surface area contributed by atoms with E-state index in [0.29, 0.717) is 19.6 Å². The summed E-state index contributed by atoms with van der Waals surface area (Å²) >= 11 is 12.3. The molecule has 0 bridgehead atoms. The van der Waals surface area contributed by atoms with Crippen molar-refractivity contribution in [3.63, 3.8) is 0 Å². The van der Waals surface area contributed by atoms with Crippen molar-refractivity contribution in [3.8, 4) is 0 Å². The van der Waals surface area contributed by atoms with Crippen LogP contribution in [0.1, 0.15) is 16.5 Å². The van der Waals surface area contributed by atoms with Crippen LogP contribution in [0, 0.1) is 6.92 Å². The number of alkyl halides is 1. The highest BCUT2D eigenvalue weighted by molar-refractivity contribution is 6.31. The first kappa shape index (κ1) is 15.7. The summed E-state index contributed by atoms with van der Waals surface area (Å²) < 4.78 is 0. The quantitative estimate of drug-likeness (QED) is 0.757. The zero-order chi connectivity index (χ0) is 13.5. The Bertz CT molecular complexity index is 368. The number of aryl methyl sites for hydroxylation is 1. The van der Waals surface area contributed by atoms with Gasteiger partial charge in [-0.15, -0.1) is 11.6 Å². The van der Waals surface area contributed by atoms with Gasteiger partial charge in [0.1, 0.15) is 0 Å². The van der Waals surface area contributed by atoms with Crippen LogP contribution in [-0.2, 0) is 0 Å². The van der Waals surface area contributed by atoms with E-state index in [1.54, 1.807) is 0 Å². The van der Waals surface area contributed by atoms with E-state index in [0.717, 1.165) is 16.1 Å². The summed E-state index contributed by atoms with van der Waals surface area (Å²) in [4.78, 5) is 1.93. The molecule has 1 unspecified atom stereocenters. The Morgan fingerprint density at radius 3 is 2.33 bits per heavy atom. The number of rotatable bonds is 7. The molecule has 0 aliphatic rings. The Morgan fingerprint density at radius 1 is 1.22 bits per heavy atom. The number of nitrogens with zero attached hydrogens (tertiary/aromatic N) is 1. The zero-order valence-electron chi connectivity index (χ0n) is 10.4. The van der Waals surface area contributed by atoms with E-state index in [2.05, 4.69) is 0 Å². The minimum absolute atomic E-state index is 0.0588. The molecule has 0 saturated carbocycles. The number of halogens is 2. The fourth-order valence-electron chi connectivity index (χ4n) is 1.77. The largest absolute Gasteiger partial charge is 0.395 e. The van der Waals surface area contributed by atoms with Gasteiger partial charge in [-0.1, -0.05) is 23.7 Å². The maximum absolute atomic E-state index is 8.94. The van der Waals surface area contributed by atoms with Crippen LogP contribution in [-0.4, -0.2) is 48.0 Å². The number of aliphatic hydroxyl groups is 2. The number of benzene rings is 1.